The first-order valence-corrected chi connectivity index (χ1v) is 6.20. The van der Waals surface area contributed by atoms with E-state index in [4.69, 9.17) is 16.3 Å². The minimum atomic E-state index is 0.724. The van der Waals surface area contributed by atoms with Crippen molar-refractivity contribution in [1.29, 1.82) is 0 Å². The molecule has 2 nitrogen and oxygen atoms in total. The number of rotatable bonds is 4. The maximum Gasteiger partial charge on any atom is 0.119 e. The van der Waals surface area contributed by atoms with E-state index in [0.29, 0.717) is 0 Å². The van der Waals surface area contributed by atoms with Crippen molar-refractivity contribution < 1.29 is 4.74 Å². The Morgan fingerprint density at radius 3 is 2.67 bits per heavy atom. The summed E-state index contributed by atoms with van der Waals surface area (Å²) in [6.07, 6.45) is 0. The van der Waals surface area contributed by atoms with Crippen LogP contribution in [0.4, 0.5) is 5.69 Å². The molecule has 0 heterocycles. The lowest BCUT2D eigenvalue weighted by atomic mass is 10.1. The predicted molar refractivity (Wildman–Crippen MR) is 76.5 cm³/mol. The SMILES string of the molecule is COc1cccc(CNc2c(C)cccc2Cl)c1. The molecule has 0 aliphatic rings. The highest BCUT2D eigenvalue weighted by Crippen LogP contribution is 2.26. The third-order valence-corrected chi connectivity index (χ3v) is 3.14. The number of para-hydroxylation sites is 1. The quantitative estimate of drug-likeness (QED) is 0.888. The topological polar surface area (TPSA) is 21.3 Å². The summed E-state index contributed by atoms with van der Waals surface area (Å²) in [6.45, 7) is 2.77. The number of aryl methyl sites for hydroxylation is 1. The predicted octanol–water partition coefficient (Wildman–Crippen LogP) is 4.27. The molecule has 0 spiro atoms. The van der Waals surface area contributed by atoms with Crippen molar-refractivity contribution >= 4 is 17.3 Å². The molecular weight excluding hydrogens is 246 g/mol. The van der Waals surface area contributed by atoms with Crippen molar-refractivity contribution in [2.24, 2.45) is 0 Å². The second-order valence-corrected chi connectivity index (χ2v) is 4.54. The molecule has 0 aliphatic carbocycles. The van der Waals surface area contributed by atoms with Gasteiger partial charge in [-0.05, 0) is 36.2 Å². The molecule has 94 valence electrons. The van der Waals surface area contributed by atoms with Crippen molar-refractivity contribution in [1.82, 2.24) is 0 Å². The Hall–Kier alpha value is -1.67. The van der Waals surface area contributed by atoms with Crippen molar-refractivity contribution in [3.63, 3.8) is 0 Å². The number of methoxy groups -OCH3 is 1. The summed E-state index contributed by atoms with van der Waals surface area (Å²) >= 11 is 6.17. The number of nitrogens with one attached hydrogen (secondary N) is 1. The first kappa shape index (κ1) is 12.8. The Balaban J connectivity index is 2.11. The van der Waals surface area contributed by atoms with Gasteiger partial charge in [0.25, 0.3) is 0 Å². The van der Waals surface area contributed by atoms with Gasteiger partial charge in [-0.2, -0.15) is 0 Å². The van der Waals surface area contributed by atoms with Gasteiger partial charge in [-0.15, -0.1) is 0 Å². The Kier molecular flexibility index (Phi) is 4.11. The highest BCUT2D eigenvalue weighted by molar-refractivity contribution is 6.33. The molecule has 0 atom stereocenters. The molecule has 2 aromatic carbocycles. The summed E-state index contributed by atoms with van der Waals surface area (Å²) in [6, 6.07) is 13.9. The third kappa shape index (κ3) is 2.96. The first-order chi connectivity index (χ1) is 8.70. The molecule has 0 aromatic heterocycles. The Labute approximate surface area is 113 Å². The standard InChI is InChI=1S/C15H16ClNO/c1-11-5-3-8-14(16)15(11)17-10-12-6-4-7-13(9-12)18-2/h3-9,17H,10H2,1-2H3. The minimum absolute atomic E-state index is 0.724. The molecule has 0 unspecified atom stereocenters. The monoisotopic (exact) mass is 261 g/mol. The van der Waals surface area contributed by atoms with Gasteiger partial charge in [-0.3, -0.25) is 0 Å². The van der Waals surface area contributed by atoms with Crippen molar-refractivity contribution in [3.05, 3.63) is 58.6 Å². The van der Waals surface area contributed by atoms with Crippen LogP contribution in [0, 0.1) is 6.92 Å². The van der Waals surface area contributed by atoms with E-state index in [1.54, 1.807) is 7.11 Å². The number of benzene rings is 2. The van der Waals surface area contributed by atoms with Crippen LogP contribution >= 0.6 is 11.6 Å². The van der Waals surface area contributed by atoms with Crippen LogP contribution in [0.3, 0.4) is 0 Å². The lowest BCUT2D eigenvalue weighted by molar-refractivity contribution is 0.414. The molecule has 0 saturated heterocycles. The van der Waals surface area contributed by atoms with E-state index in [2.05, 4.69) is 11.4 Å². The Morgan fingerprint density at radius 2 is 1.94 bits per heavy atom. The molecule has 2 aromatic rings. The number of halogens is 1. The van der Waals surface area contributed by atoms with Crippen LogP contribution in [0.5, 0.6) is 5.75 Å². The zero-order valence-corrected chi connectivity index (χ0v) is 11.3. The van der Waals surface area contributed by atoms with Crippen LogP contribution in [0.2, 0.25) is 5.02 Å². The normalized spacial score (nSPS) is 10.2. The molecule has 0 fully saturated rings. The summed E-state index contributed by atoms with van der Waals surface area (Å²) < 4.78 is 5.20. The van der Waals surface area contributed by atoms with Gasteiger partial charge >= 0.3 is 0 Å². The first-order valence-electron chi connectivity index (χ1n) is 5.82. The number of anilines is 1. The molecule has 0 aliphatic heterocycles. The molecule has 0 saturated carbocycles. The summed E-state index contributed by atoms with van der Waals surface area (Å²) in [5.41, 5.74) is 3.29. The second kappa shape index (κ2) is 5.78. The average Bonchev–Trinajstić information content (AvgIpc) is 2.38. The molecule has 0 amide bonds. The number of hydrogen-bond donors (Lipinski definition) is 1. The second-order valence-electron chi connectivity index (χ2n) is 4.14. The van der Waals surface area contributed by atoms with Gasteiger partial charge in [0.05, 0.1) is 17.8 Å². The molecule has 0 bridgehead atoms. The number of ether oxygens (including phenoxy) is 1. The van der Waals surface area contributed by atoms with Crippen LogP contribution in [-0.2, 0) is 6.54 Å². The number of hydrogen-bond acceptors (Lipinski definition) is 2. The maximum absolute atomic E-state index is 6.17. The van der Waals surface area contributed by atoms with Crippen LogP contribution < -0.4 is 10.1 Å². The molecule has 0 radical (unpaired) electrons. The lowest BCUT2D eigenvalue weighted by Gasteiger charge is -2.12. The van der Waals surface area contributed by atoms with Gasteiger partial charge in [0, 0.05) is 6.54 Å². The van der Waals surface area contributed by atoms with Gasteiger partial charge < -0.3 is 10.1 Å². The van der Waals surface area contributed by atoms with E-state index in [-0.39, 0.29) is 0 Å². The fraction of sp³-hybridized carbons (Fsp3) is 0.200. The van der Waals surface area contributed by atoms with Crippen LogP contribution in [0.15, 0.2) is 42.5 Å². The van der Waals surface area contributed by atoms with E-state index < -0.39 is 0 Å². The maximum atomic E-state index is 6.17. The van der Waals surface area contributed by atoms with E-state index in [0.717, 1.165) is 34.1 Å². The van der Waals surface area contributed by atoms with E-state index in [9.17, 15) is 0 Å². The van der Waals surface area contributed by atoms with Crippen molar-refractivity contribution in [2.75, 3.05) is 12.4 Å². The van der Waals surface area contributed by atoms with Crippen LogP contribution in [0.1, 0.15) is 11.1 Å². The van der Waals surface area contributed by atoms with Gasteiger partial charge in [0.15, 0.2) is 0 Å². The third-order valence-electron chi connectivity index (χ3n) is 2.83. The highest BCUT2D eigenvalue weighted by atomic mass is 35.5. The zero-order chi connectivity index (χ0) is 13.0. The summed E-state index contributed by atoms with van der Waals surface area (Å²) in [4.78, 5) is 0. The summed E-state index contributed by atoms with van der Waals surface area (Å²) in [5.74, 6) is 0.866. The van der Waals surface area contributed by atoms with Crippen LogP contribution in [-0.4, -0.2) is 7.11 Å². The van der Waals surface area contributed by atoms with Gasteiger partial charge in [-0.1, -0.05) is 35.9 Å². The van der Waals surface area contributed by atoms with Gasteiger partial charge in [-0.25, -0.2) is 0 Å². The van der Waals surface area contributed by atoms with E-state index >= 15 is 0 Å². The van der Waals surface area contributed by atoms with Crippen LogP contribution in [0.25, 0.3) is 0 Å². The minimum Gasteiger partial charge on any atom is -0.497 e. The van der Waals surface area contributed by atoms with Gasteiger partial charge in [0.2, 0.25) is 0 Å². The Morgan fingerprint density at radius 1 is 1.17 bits per heavy atom. The summed E-state index contributed by atoms with van der Waals surface area (Å²) in [7, 11) is 1.67. The molecule has 18 heavy (non-hydrogen) atoms. The molecule has 3 heteroatoms. The Bertz CT molecular complexity index is 520. The lowest BCUT2D eigenvalue weighted by Crippen LogP contribution is -2.01. The fourth-order valence-corrected chi connectivity index (χ4v) is 2.12. The van der Waals surface area contributed by atoms with E-state index in [1.165, 1.54) is 0 Å². The molecular formula is C15H16ClNO. The van der Waals surface area contributed by atoms with Crippen molar-refractivity contribution in [3.8, 4) is 5.75 Å². The largest absolute Gasteiger partial charge is 0.497 e. The average molecular weight is 262 g/mol. The zero-order valence-electron chi connectivity index (χ0n) is 10.5. The molecule has 1 N–H and O–H groups in total. The highest BCUT2D eigenvalue weighted by Gasteiger charge is 2.03. The van der Waals surface area contributed by atoms with Crippen molar-refractivity contribution in [2.45, 2.75) is 13.5 Å². The molecule has 2 rings (SSSR count). The van der Waals surface area contributed by atoms with E-state index in [1.807, 2.05) is 43.3 Å². The smallest absolute Gasteiger partial charge is 0.119 e. The fourth-order valence-electron chi connectivity index (χ4n) is 1.83. The summed E-state index contributed by atoms with van der Waals surface area (Å²) in [5, 5.41) is 4.11. The van der Waals surface area contributed by atoms with Gasteiger partial charge in [0.1, 0.15) is 5.75 Å².